The SMILES string of the molecule is CCC(CNC)C(=O)Nc1c(C)cccc1C. The molecular formula is C14H22N2O. The molecule has 94 valence electrons. The number of anilines is 1. The second-order valence-electron chi connectivity index (χ2n) is 4.42. The molecule has 0 aliphatic carbocycles. The van der Waals surface area contributed by atoms with Gasteiger partial charge in [0.15, 0.2) is 0 Å². The van der Waals surface area contributed by atoms with Crippen LogP contribution < -0.4 is 10.6 Å². The Bertz CT molecular complexity index is 368. The second kappa shape index (κ2) is 6.40. The van der Waals surface area contributed by atoms with Crippen LogP contribution in [0.2, 0.25) is 0 Å². The molecule has 1 aromatic rings. The van der Waals surface area contributed by atoms with Crippen molar-refractivity contribution in [1.82, 2.24) is 5.32 Å². The molecule has 0 saturated carbocycles. The summed E-state index contributed by atoms with van der Waals surface area (Å²) in [6.07, 6.45) is 0.845. The predicted molar refractivity (Wildman–Crippen MR) is 72.3 cm³/mol. The molecule has 1 aromatic carbocycles. The number of nitrogens with one attached hydrogen (secondary N) is 2. The van der Waals surface area contributed by atoms with Crippen LogP contribution in [0.5, 0.6) is 0 Å². The summed E-state index contributed by atoms with van der Waals surface area (Å²) in [7, 11) is 1.87. The van der Waals surface area contributed by atoms with Gasteiger partial charge in [0.25, 0.3) is 0 Å². The van der Waals surface area contributed by atoms with Crippen LogP contribution in [0.3, 0.4) is 0 Å². The maximum absolute atomic E-state index is 12.1. The largest absolute Gasteiger partial charge is 0.325 e. The van der Waals surface area contributed by atoms with Crippen molar-refractivity contribution in [3.05, 3.63) is 29.3 Å². The number of amides is 1. The summed E-state index contributed by atoms with van der Waals surface area (Å²) in [6.45, 7) is 6.78. The normalized spacial score (nSPS) is 12.2. The number of rotatable bonds is 5. The Morgan fingerprint density at radius 2 is 1.88 bits per heavy atom. The van der Waals surface area contributed by atoms with Crippen molar-refractivity contribution in [1.29, 1.82) is 0 Å². The Morgan fingerprint density at radius 3 is 2.35 bits per heavy atom. The standard InChI is InChI=1S/C14H22N2O/c1-5-12(9-15-4)14(17)16-13-10(2)7-6-8-11(13)3/h6-8,12,15H,5,9H2,1-4H3,(H,16,17). The van der Waals surface area contributed by atoms with Crippen molar-refractivity contribution in [2.24, 2.45) is 5.92 Å². The van der Waals surface area contributed by atoms with E-state index >= 15 is 0 Å². The minimum Gasteiger partial charge on any atom is -0.325 e. The third-order valence-corrected chi connectivity index (χ3v) is 3.04. The molecule has 1 atom stereocenters. The number of carbonyl (C=O) groups excluding carboxylic acids is 1. The molecule has 3 heteroatoms. The molecule has 0 aromatic heterocycles. The van der Waals surface area contributed by atoms with Crippen LogP contribution in [-0.4, -0.2) is 19.5 Å². The molecule has 0 fully saturated rings. The van der Waals surface area contributed by atoms with Gasteiger partial charge in [0.1, 0.15) is 0 Å². The third-order valence-electron chi connectivity index (χ3n) is 3.04. The molecule has 0 aliphatic rings. The zero-order valence-corrected chi connectivity index (χ0v) is 11.1. The summed E-state index contributed by atoms with van der Waals surface area (Å²) in [6, 6.07) is 6.04. The highest BCUT2D eigenvalue weighted by molar-refractivity contribution is 5.94. The van der Waals surface area contributed by atoms with E-state index in [1.165, 1.54) is 0 Å². The van der Waals surface area contributed by atoms with Gasteiger partial charge in [-0.25, -0.2) is 0 Å². The van der Waals surface area contributed by atoms with Gasteiger partial charge in [-0.05, 0) is 38.4 Å². The van der Waals surface area contributed by atoms with Crippen LogP contribution in [0.25, 0.3) is 0 Å². The highest BCUT2D eigenvalue weighted by atomic mass is 16.1. The molecule has 0 heterocycles. The number of benzene rings is 1. The van der Waals surface area contributed by atoms with Gasteiger partial charge in [-0.3, -0.25) is 4.79 Å². The summed E-state index contributed by atoms with van der Waals surface area (Å²) in [5.41, 5.74) is 3.17. The molecule has 1 amide bonds. The topological polar surface area (TPSA) is 41.1 Å². The number of hydrogen-bond donors (Lipinski definition) is 2. The predicted octanol–water partition coefficient (Wildman–Crippen LogP) is 2.49. The Morgan fingerprint density at radius 1 is 1.29 bits per heavy atom. The molecule has 0 spiro atoms. The molecule has 0 bridgehead atoms. The Balaban J connectivity index is 2.80. The molecule has 0 aliphatic heterocycles. The summed E-state index contributed by atoms with van der Waals surface area (Å²) >= 11 is 0. The quantitative estimate of drug-likeness (QED) is 0.822. The average molecular weight is 234 g/mol. The Kier molecular flexibility index (Phi) is 5.16. The van der Waals surface area contributed by atoms with E-state index < -0.39 is 0 Å². The van der Waals surface area contributed by atoms with Crippen molar-refractivity contribution in [2.75, 3.05) is 18.9 Å². The molecule has 0 radical (unpaired) electrons. The van der Waals surface area contributed by atoms with Gasteiger partial charge in [0, 0.05) is 12.2 Å². The van der Waals surface area contributed by atoms with Gasteiger partial charge in [-0.15, -0.1) is 0 Å². The fraction of sp³-hybridized carbons (Fsp3) is 0.500. The van der Waals surface area contributed by atoms with E-state index in [2.05, 4.69) is 10.6 Å². The monoisotopic (exact) mass is 234 g/mol. The van der Waals surface area contributed by atoms with Gasteiger partial charge in [-0.1, -0.05) is 25.1 Å². The lowest BCUT2D eigenvalue weighted by atomic mass is 10.0. The molecule has 3 nitrogen and oxygen atoms in total. The minimum atomic E-state index is 0.0269. The maximum Gasteiger partial charge on any atom is 0.228 e. The van der Waals surface area contributed by atoms with Gasteiger partial charge in [-0.2, -0.15) is 0 Å². The van der Waals surface area contributed by atoms with Crippen LogP contribution >= 0.6 is 0 Å². The van der Waals surface area contributed by atoms with E-state index in [0.29, 0.717) is 6.54 Å². The lowest BCUT2D eigenvalue weighted by molar-refractivity contribution is -0.119. The fourth-order valence-corrected chi connectivity index (χ4v) is 1.91. The van der Waals surface area contributed by atoms with Crippen molar-refractivity contribution in [3.63, 3.8) is 0 Å². The van der Waals surface area contributed by atoms with E-state index in [9.17, 15) is 4.79 Å². The maximum atomic E-state index is 12.1. The van der Waals surface area contributed by atoms with Crippen molar-refractivity contribution < 1.29 is 4.79 Å². The van der Waals surface area contributed by atoms with Crippen molar-refractivity contribution in [3.8, 4) is 0 Å². The Hall–Kier alpha value is -1.35. The first-order valence-corrected chi connectivity index (χ1v) is 6.11. The van der Waals surface area contributed by atoms with E-state index in [-0.39, 0.29) is 11.8 Å². The first-order chi connectivity index (χ1) is 8.10. The van der Waals surface area contributed by atoms with Crippen LogP contribution in [-0.2, 0) is 4.79 Å². The zero-order chi connectivity index (χ0) is 12.8. The second-order valence-corrected chi connectivity index (χ2v) is 4.42. The van der Waals surface area contributed by atoms with Crippen LogP contribution in [0.15, 0.2) is 18.2 Å². The molecule has 0 saturated heterocycles. The van der Waals surface area contributed by atoms with Gasteiger partial charge in [0.2, 0.25) is 5.91 Å². The van der Waals surface area contributed by atoms with Gasteiger partial charge in [0.05, 0.1) is 5.92 Å². The molecule has 1 rings (SSSR count). The summed E-state index contributed by atoms with van der Waals surface area (Å²) < 4.78 is 0. The third kappa shape index (κ3) is 3.56. The van der Waals surface area contributed by atoms with Crippen molar-refractivity contribution in [2.45, 2.75) is 27.2 Å². The number of para-hydroxylation sites is 1. The highest BCUT2D eigenvalue weighted by Crippen LogP contribution is 2.20. The summed E-state index contributed by atoms with van der Waals surface area (Å²) in [4.78, 5) is 12.1. The van der Waals surface area contributed by atoms with Gasteiger partial charge < -0.3 is 10.6 Å². The first-order valence-electron chi connectivity index (χ1n) is 6.11. The summed E-state index contributed by atoms with van der Waals surface area (Å²) in [5.74, 6) is 0.123. The smallest absolute Gasteiger partial charge is 0.228 e. The zero-order valence-electron chi connectivity index (χ0n) is 11.1. The average Bonchev–Trinajstić information content (AvgIpc) is 2.30. The lowest BCUT2D eigenvalue weighted by Crippen LogP contribution is -2.30. The summed E-state index contributed by atoms with van der Waals surface area (Å²) in [5, 5.41) is 6.09. The number of hydrogen-bond acceptors (Lipinski definition) is 2. The van der Waals surface area contributed by atoms with Crippen LogP contribution in [0.4, 0.5) is 5.69 Å². The molecule has 1 unspecified atom stereocenters. The molecular weight excluding hydrogens is 212 g/mol. The number of aryl methyl sites for hydroxylation is 2. The van der Waals surface area contributed by atoms with Gasteiger partial charge >= 0.3 is 0 Å². The molecule has 2 N–H and O–H groups in total. The fourth-order valence-electron chi connectivity index (χ4n) is 1.91. The van der Waals surface area contributed by atoms with E-state index in [4.69, 9.17) is 0 Å². The highest BCUT2D eigenvalue weighted by Gasteiger charge is 2.16. The van der Waals surface area contributed by atoms with E-state index in [1.54, 1.807) is 0 Å². The first kappa shape index (κ1) is 13.7. The van der Waals surface area contributed by atoms with E-state index in [0.717, 1.165) is 23.2 Å². The minimum absolute atomic E-state index is 0.0269. The van der Waals surface area contributed by atoms with E-state index in [1.807, 2.05) is 46.0 Å². The van der Waals surface area contributed by atoms with Crippen LogP contribution in [0.1, 0.15) is 24.5 Å². The molecule has 17 heavy (non-hydrogen) atoms. The number of carbonyl (C=O) groups is 1. The Labute approximate surface area is 104 Å². The van der Waals surface area contributed by atoms with Crippen LogP contribution in [0, 0.1) is 19.8 Å². The van der Waals surface area contributed by atoms with Crippen molar-refractivity contribution >= 4 is 11.6 Å². The lowest BCUT2D eigenvalue weighted by Gasteiger charge is -2.17.